The average Bonchev–Trinajstić information content (AvgIpc) is 3.03. The molecular weight excluding hydrogens is 434 g/mol. The zero-order valence-electron chi connectivity index (χ0n) is 20.2. The van der Waals surface area contributed by atoms with E-state index in [1.807, 2.05) is 13.0 Å². The Hall–Kier alpha value is -1.77. The summed E-state index contributed by atoms with van der Waals surface area (Å²) in [5.74, 6) is -0.771. The predicted octanol–water partition coefficient (Wildman–Crippen LogP) is 5.20. The minimum Gasteiger partial charge on any atom is -0.267 e. The third kappa shape index (κ3) is 2.67. The second-order valence-electron chi connectivity index (χ2n) is 11.1. The first-order valence-corrected chi connectivity index (χ1v) is 22.1. The van der Waals surface area contributed by atoms with Crippen LogP contribution in [0.3, 0.4) is 0 Å². The van der Waals surface area contributed by atoms with Gasteiger partial charge in [-0.25, -0.2) is 4.39 Å². The molecule has 1 aliphatic heterocycles. The summed E-state index contributed by atoms with van der Waals surface area (Å²) in [5, 5.41) is 2.70. The average molecular weight is 467 g/mol. The van der Waals surface area contributed by atoms with Crippen LogP contribution < -0.4 is 16.1 Å². The molecule has 4 rings (SSSR count). The van der Waals surface area contributed by atoms with E-state index in [0.717, 1.165) is 33.4 Å². The number of allylic oxidation sites excluding steroid dienone is 1. The summed E-state index contributed by atoms with van der Waals surface area (Å²) < 4.78 is 14.6. The Bertz CT molecular complexity index is 1210. The molecule has 0 fully saturated rings. The van der Waals surface area contributed by atoms with Gasteiger partial charge in [0.25, 0.3) is 5.91 Å². The molecule has 2 aromatic carbocycles. The molecule has 2 aromatic rings. The largest absolute Gasteiger partial charge is 0.270 e. The van der Waals surface area contributed by atoms with Gasteiger partial charge in [0.2, 0.25) is 0 Å². The fourth-order valence-corrected chi connectivity index (χ4v) is 40.3. The Morgan fingerprint density at radius 1 is 0.935 bits per heavy atom. The highest BCUT2D eigenvalue weighted by Gasteiger charge is 2.59. The SMILES string of the molecule is CC1=Cc2c(-c3c(C)c4c(C)c(c3C([NH])=O)[Si](C)(C)[Si](C)(C)[Si]4(C)C)ccc(F)c2C1. The standard InChI is InChI=1S/C25H33FNOSi3/c1-14-12-18-17(10-11-20(26)19(18)13-14)21-15(2)23-16(3)24(22(21)25(27)28)30(6,7)31(8,9)29(23,4)5/h10-12,27H,13H2,1-9H3. The number of amides is 1. The van der Waals surface area contributed by atoms with Gasteiger partial charge in [-0.2, -0.15) is 0 Å². The van der Waals surface area contributed by atoms with Crippen molar-refractivity contribution in [2.24, 2.45) is 0 Å². The smallest absolute Gasteiger partial charge is 0.267 e. The van der Waals surface area contributed by atoms with E-state index in [-0.39, 0.29) is 5.82 Å². The van der Waals surface area contributed by atoms with Crippen molar-refractivity contribution in [1.82, 2.24) is 5.73 Å². The molecule has 2 aliphatic rings. The van der Waals surface area contributed by atoms with Crippen molar-refractivity contribution in [2.45, 2.75) is 66.5 Å². The highest BCUT2D eigenvalue weighted by Crippen LogP contribution is 2.42. The quantitative estimate of drug-likeness (QED) is 0.561. The highest BCUT2D eigenvalue weighted by molar-refractivity contribution is 7.74. The number of hydrogen-bond acceptors (Lipinski definition) is 1. The molecule has 0 unspecified atom stereocenters. The predicted molar refractivity (Wildman–Crippen MR) is 138 cm³/mol. The first kappa shape index (κ1) is 22.4. The summed E-state index contributed by atoms with van der Waals surface area (Å²) >= 11 is 0. The van der Waals surface area contributed by atoms with Crippen LogP contribution in [0.25, 0.3) is 17.2 Å². The third-order valence-electron chi connectivity index (χ3n) is 9.02. The van der Waals surface area contributed by atoms with Gasteiger partial charge in [-0.05, 0) is 66.3 Å². The topological polar surface area (TPSA) is 40.9 Å². The van der Waals surface area contributed by atoms with Crippen LogP contribution in [-0.2, 0) is 6.42 Å². The Balaban J connectivity index is 2.24. The van der Waals surface area contributed by atoms with Crippen LogP contribution in [-0.4, -0.2) is 28.2 Å². The van der Waals surface area contributed by atoms with Gasteiger partial charge in [-0.3, -0.25) is 10.5 Å². The Morgan fingerprint density at radius 3 is 2.10 bits per heavy atom. The summed E-state index contributed by atoms with van der Waals surface area (Å²) in [5.41, 5.74) is 16.0. The van der Waals surface area contributed by atoms with Crippen molar-refractivity contribution in [1.29, 1.82) is 0 Å². The van der Waals surface area contributed by atoms with Gasteiger partial charge in [-0.15, -0.1) is 0 Å². The maximum atomic E-state index is 14.6. The van der Waals surface area contributed by atoms with Crippen molar-refractivity contribution in [3.63, 3.8) is 0 Å². The van der Waals surface area contributed by atoms with Crippen LogP contribution >= 0.6 is 0 Å². The molecule has 1 aliphatic carbocycles. The van der Waals surface area contributed by atoms with Crippen LogP contribution in [0.2, 0.25) is 39.3 Å². The summed E-state index contributed by atoms with van der Waals surface area (Å²) in [6.45, 7) is 21.4. The fraction of sp³-hybridized carbons (Fsp3) is 0.400. The van der Waals surface area contributed by atoms with E-state index in [4.69, 9.17) is 5.73 Å². The Morgan fingerprint density at radius 2 is 1.52 bits per heavy atom. The summed E-state index contributed by atoms with van der Waals surface area (Å²) in [7, 11) is -5.38. The second-order valence-corrected chi connectivity index (χ2v) is 38.4. The minimum atomic E-state index is -1.96. The number of carbonyl (C=O) groups is 1. The van der Waals surface area contributed by atoms with Crippen LogP contribution in [0.4, 0.5) is 4.39 Å². The van der Waals surface area contributed by atoms with Gasteiger partial charge in [0, 0.05) is 12.7 Å². The van der Waals surface area contributed by atoms with Crippen molar-refractivity contribution in [3.8, 4) is 11.1 Å². The molecule has 1 radical (unpaired) electrons. The zero-order valence-corrected chi connectivity index (χ0v) is 23.2. The normalized spacial score (nSPS) is 19.7. The van der Waals surface area contributed by atoms with Crippen molar-refractivity contribution in [3.05, 3.63) is 51.3 Å². The molecule has 163 valence electrons. The van der Waals surface area contributed by atoms with E-state index < -0.39 is 28.2 Å². The molecule has 2 nitrogen and oxygen atoms in total. The maximum Gasteiger partial charge on any atom is 0.270 e. The lowest BCUT2D eigenvalue weighted by atomic mass is 9.88. The molecule has 1 N–H and O–H groups in total. The number of carbonyl (C=O) groups excluding carboxylic acids is 1. The van der Waals surface area contributed by atoms with Gasteiger partial charge >= 0.3 is 0 Å². The lowest BCUT2D eigenvalue weighted by Gasteiger charge is -2.55. The molecule has 6 heteroatoms. The lowest BCUT2D eigenvalue weighted by Crippen LogP contribution is -2.83. The summed E-state index contributed by atoms with van der Waals surface area (Å²) in [6.07, 6.45) is 2.68. The van der Waals surface area contributed by atoms with Crippen molar-refractivity contribution >= 4 is 44.6 Å². The lowest BCUT2D eigenvalue weighted by molar-refractivity contribution is 0.0993. The monoisotopic (exact) mass is 466 g/mol. The number of hydrogen-bond donors (Lipinski definition) is 0. The molecule has 2 bridgehead atoms. The zero-order chi connectivity index (χ0) is 23.3. The van der Waals surface area contributed by atoms with Gasteiger partial charge in [-0.1, -0.05) is 67.7 Å². The number of benzene rings is 2. The van der Waals surface area contributed by atoms with E-state index in [1.54, 1.807) is 6.07 Å². The third-order valence-corrected chi connectivity index (χ3v) is 50.6. The van der Waals surface area contributed by atoms with Crippen LogP contribution in [0.15, 0.2) is 17.7 Å². The van der Waals surface area contributed by atoms with Crippen LogP contribution in [0, 0.1) is 19.7 Å². The number of nitrogens with one attached hydrogen (secondary N) is 1. The van der Waals surface area contributed by atoms with E-state index in [9.17, 15) is 9.18 Å². The molecule has 0 saturated carbocycles. The first-order chi connectivity index (χ1) is 14.2. The van der Waals surface area contributed by atoms with Crippen molar-refractivity contribution in [2.75, 3.05) is 0 Å². The van der Waals surface area contributed by atoms with Gasteiger partial charge < -0.3 is 0 Å². The summed E-state index contributed by atoms with van der Waals surface area (Å²) in [4.78, 5) is 13.0. The molecule has 1 heterocycles. The van der Waals surface area contributed by atoms with Crippen LogP contribution in [0.1, 0.15) is 39.5 Å². The number of halogens is 1. The van der Waals surface area contributed by atoms with E-state index in [2.05, 4.69) is 59.2 Å². The second kappa shape index (κ2) is 6.62. The molecular formula is C25H33FNOSi3. The Kier molecular flexibility index (Phi) is 4.79. The minimum absolute atomic E-state index is 0.180. The molecule has 31 heavy (non-hydrogen) atoms. The van der Waals surface area contributed by atoms with E-state index in [1.165, 1.54) is 15.9 Å². The first-order valence-electron chi connectivity index (χ1n) is 11.1. The van der Waals surface area contributed by atoms with Gasteiger partial charge in [0.15, 0.2) is 0 Å². The number of fused-ring (bicyclic) bond motifs is 3. The molecule has 1 amide bonds. The van der Waals surface area contributed by atoms with E-state index in [0.29, 0.717) is 12.0 Å². The molecule has 0 spiro atoms. The maximum absolute atomic E-state index is 14.6. The molecule has 0 saturated heterocycles. The van der Waals surface area contributed by atoms with Crippen molar-refractivity contribution < 1.29 is 9.18 Å². The van der Waals surface area contributed by atoms with Gasteiger partial charge in [0.05, 0.1) is 15.2 Å². The Labute approximate surface area is 188 Å². The van der Waals surface area contributed by atoms with E-state index >= 15 is 0 Å². The van der Waals surface area contributed by atoms with Crippen LogP contribution in [0.5, 0.6) is 0 Å². The molecule has 0 atom stereocenters. The number of rotatable bonds is 2. The molecule has 0 aromatic heterocycles. The highest BCUT2D eigenvalue weighted by atomic mass is 29.6. The summed E-state index contributed by atoms with van der Waals surface area (Å²) in [6, 6.07) is 3.39. The fourth-order valence-electron chi connectivity index (χ4n) is 6.50. The van der Waals surface area contributed by atoms with Gasteiger partial charge in [0.1, 0.15) is 5.82 Å².